The molecule has 0 atom stereocenters. The van der Waals surface area contributed by atoms with Crippen LogP contribution in [0.1, 0.15) is 11.1 Å². The van der Waals surface area contributed by atoms with Crippen molar-refractivity contribution in [2.75, 3.05) is 11.4 Å². The Morgan fingerprint density at radius 2 is 2.19 bits per heavy atom. The summed E-state index contributed by atoms with van der Waals surface area (Å²) in [4.78, 5) is 10.3. The maximum atomic E-state index is 13.6. The van der Waals surface area contributed by atoms with Gasteiger partial charge in [0.05, 0.1) is 0 Å². The largest absolute Gasteiger partial charge is 0.325 e. The third kappa shape index (κ3) is 1.79. The Bertz CT molecular complexity index is 860. The van der Waals surface area contributed by atoms with E-state index in [1.807, 2.05) is 17.9 Å². The normalized spacial score (nSPS) is 14.0. The van der Waals surface area contributed by atoms with Crippen molar-refractivity contribution in [1.29, 1.82) is 0 Å². The second-order valence-corrected chi connectivity index (χ2v) is 5.36. The lowest BCUT2D eigenvalue weighted by atomic mass is 10.1. The van der Waals surface area contributed by atoms with Crippen molar-refractivity contribution >= 4 is 28.9 Å². The summed E-state index contributed by atoms with van der Waals surface area (Å²) in [6.45, 7) is 2.62. The molecule has 4 rings (SSSR count). The minimum Gasteiger partial charge on any atom is -0.325 e. The second-order valence-electron chi connectivity index (χ2n) is 5.00. The summed E-state index contributed by atoms with van der Waals surface area (Å²) >= 11 is 6.19. The molecular formula is C14H11ClFN5. The molecule has 1 aliphatic rings. The van der Waals surface area contributed by atoms with E-state index in [1.165, 1.54) is 12.4 Å². The third-order valence-corrected chi connectivity index (χ3v) is 4.14. The molecule has 3 aromatic rings. The topological polar surface area (TPSA) is 46.3 Å². The Morgan fingerprint density at radius 1 is 1.33 bits per heavy atom. The Balaban J connectivity index is 1.99. The Hall–Kier alpha value is -2.21. The number of nitrogens with zero attached hydrogens (tertiary/aromatic N) is 5. The van der Waals surface area contributed by atoms with E-state index in [0.29, 0.717) is 10.9 Å². The van der Waals surface area contributed by atoms with Crippen LogP contribution in [0, 0.1) is 12.7 Å². The van der Waals surface area contributed by atoms with Crippen LogP contribution >= 0.6 is 11.6 Å². The van der Waals surface area contributed by atoms with E-state index in [9.17, 15) is 4.39 Å². The molecule has 1 aromatic carbocycles. The molecule has 0 aliphatic carbocycles. The molecule has 0 fully saturated rings. The zero-order valence-electron chi connectivity index (χ0n) is 11.2. The molecule has 2 aromatic heterocycles. The summed E-state index contributed by atoms with van der Waals surface area (Å²) in [5, 5.41) is 4.59. The van der Waals surface area contributed by atoms with Gasteiger partial charge in [-0.15, -0.1) is 0 Å². The van der Waals surface area contributed by atoms with Gasteiger partial charge in [-0.25, -0.2) is 4.39 Å². The first-order valence-electron chi connectivity index (χ1n) is 6.57. The Morgan fingerprint density at radius 3 is 3.05 bits per heavy atom. The molecule has 0 saturated carbocycles. The maximum Gasteiger partial charge on any atom is 0.255 e. The van der Waals surface area contributed by atoms with Crippen LogP contribution in [0.2, 0.25) is 5.15 Å². The van der Waals surface area contributed by atoms with Gasteiger partial charge in [0.1, 0.15) is 23.1 Å². The SMILES string of the molecule is Cc1c(Cl)nc2ncnn2c1N1CCc2ccc(F)cc21. The quantitative estimate of drug-likeness (QED) is 0.649. The van der Waals surface area contributed by atoms with Gasteiger partial charge >= 0.3 is 0 Å². The van der Waals surface area contributed by atoms with Crippen molar-refractivity contribution in [2.45, 2.75) is 13.3 Å². The molecule has 0 amide bonds. The van der Waals surface area contributed by atoms with Gasteiger partial charge in [0, 0.05) is 17.8 Å². The molecule has 7 heteroatoms. The summed E-state index contributed by atoms with van der Waals surface area (Å²) in [5.74, 6) is 0.964. The monoisotopic (exact) mass is 303 g/mol. The zero-order chi connectivity index (χ0) is 14.6. The summed E-state index contributed by atoms with van der Waals surface area (Å²) in [6.07, 6.45) is 2.29. The van der Waals surface area contributed by atoms with E-state index >= 15 is 0 Å². The van der Waals surface area contributed by atoms with Gasteiger partial charge in [-0.2, -0.15) is 19.6 Å². The van der Waals surface area contributed by atoms with Crippen molar-refractivity contribution in [3.8, 4) is 0 Å². The van der Waals surface area contributed by atoms with E-state index in [4.69, 9.17) is 11.6 Å². The predicted molar refractivity (Wildman–Crippen MR) is 77.6 cm³/mol. The molecule has 5 nitrogen and oxygen atoms in total. The lowest BCUT2D eigenvalue weighted by Crippen LogP contribution is -2.19. The molecule has 0 N–H and O–H groups in total. The zero-order valence-corrected chi connectivity index (χ0v) is 12.0. The van der Waals surface area contributed by atoms with E-state index in [2.05, 4.69) is 15.1 Å². The fourth-order valence-corrected chi connectivity index (χ4v) is 2.93. The first-order chi connectivity index (χ1) is 10.1. The van der Waals surface area contributed by atoms with Crippen LogP contribution in [0.25, 0.3) is 5.78 Å². The highest BCUT2D eigenvalue weighted by Crippen LogP contribution is 2.37. The van der Waals surface area contributed by atoms with Crippen LogP contribution in [0.3, 0.4) is 0 Å². The van der Waals surface area contributed by atoms with Crippen LogP contribution in [-0.2, 0) is 6.42 Å². The minimum absolute atomic E-state index is 0.256. The van der Waals surface area contributed by atoms with E-state index < -0.39 is 0 Å². The van der Waals surface area contributed by atoms with Gasteiger partial charge in [-0.1, -0.05) is 17.7 Å². The maximum absolute atomic E-state index is 13.6. The van der Waals surface area contributed by atoms with Gasteiger partial charge in [-0.3, -0.25) is 0 Å². The molecule has 106 valence electrons. The molecule has 0 saturated heterocycles. The number of hydrogen-bond donors (Lipinski definition) is 0. The van der Waals surface area contributed by atoms with Crippen LogP contribution < -0.4 is 4.90 Å². The number of rotatable bonds is 1. The highest BCUT2D eigenvalue weighted by Gasteiger charge is 2.26. The van der Waals surface area contributed by atoms with Gasteiger partial charge < -0.3 is 4.90 Å². The minimum atomic E-state index is -0.256. The Kier molecular flexibility index (Phi) is 2.62. The smallest absolute Gasteiger partial charge is 0.255 e. The molecule has 1 aliphatic heterocycles. The molecule has 0 bridgehead atoms. The first kappa shape index (κ1) is 12.5. The molecular weight excluding hydrogens is 293 g/mol. The van der Waals surface area contributed by atoms with Crippen molar-refractivity contribution in [2.24, 2.45) is 0 Å². The highest BCUT2D eigenvalue weighted by molar-refractivity contribution is 6.30. The summed E-state index contributed by atoms with van der Waals surface area (Å²) < 4.78 is 15.2. The molecule has 21 heavy (non-hydrogen) atoms. The van der Waals surface area contributed by atoms with Crippen molar-refractivity contribution in [1.82, 2.24) is 19.6 Å². The van der Waals surface area contributed by atoms with Crippen molar-refractivity contribution in [3.63, 3.8) is 0 Å². The van der Waals surface area contributed by atoms with E-state index in [1.54, 1.807) is 10.6 Å². The summed E-state index contributed by atoms with van der Waals surface area (Å²) in [7, 11) is 0. The van der Waals surface area contributed by atoms with Gasteiger partial charge in [0.25, 0.3) is 5.78 Å². The highest BCUT2D eigenvalue weighted by atomic mass is 35.5. The summed E-state index contributed by atoms with van der Waals surface area (Å²) in [5.41, 5.74) is 2.75. The number of halogens is 2. The van der Waals surface area contributed by atoms with Crippen LogP contribution in [0.15, 0.2) is 24.5 Å². The van der Waals surface area contributed by atoms with Crippen LogP contribution in [-0.4, -0.2) is 26.1 Å². The lowest BCUT2D eigenvalue weighted by Gasteiger charge is -2.22. The van der Waals surface area contributed by atoms with Gasteiger partial charge in [0.15, 0.2) is 0 Å². The average molecular weight is 304 g/mol. The molecule has 3 heterocycles. The third-order valence-electron chi connectivity index (χ3n) is 3.77. The Labute approximate surface area is 125 Å². The standard InChI is InChI=1S/C14H11ClFN5/c1-8-12(15)19-14-17-7-18-21(14)13(8)20-5-4-9-2-3-10(16)6-11(9)20/h2-3,6-7H,4-5H2,1H3. The van der Waals surface area contributed by atoms with Gasteiger partial charge in [-0.05, 0) is 31.0 Å². The number of hydrogen-bond acceptors (Lipinski definition) is 4. The van der Waals surface area contributed by atoms with Crippen molar-refractivity contribution in [3.05, 3.63) is 46.6 Å². The van der Waals surface area contributed by atoms with Crippen molar-refractivity contribution < 1.29 is 4.39 Å². The molecule has 0 unspecified atom stereocenters. The van der Waals surface area contributed by atoms with Crippen LogP contribution in [0.5, 0.6) is 0 Å². The number of fused-ring (bicyclic) bond motifs is 2. The number of benzene rings is 1. The predicted octanol–water partition coefficient (Wildman–Crippen LogP) is 2.92. The number of aromatic nitrogens is 4. The van der Waals surface area contributed by atoms with Crippen LogP contribution in [0.4, 0.5) is 15.9 Å². The fraction of sp³-hybridized carbons (Fsp3) is 0.214. The average Bonchev–Trinajstić information content (AvgIpc) is 3.07. The first-order valence-corrected chi connectivity index (χ1v) is 6.95. The summed E-state index contributed by atoms with van der Waals surface area (Å²) in [6, 6.07) is 4.85. The van der Waals surface area contributed by atoms with E-state index in [0.717, 1.165) is 35.6 Å². The van der Waals surface area contributed by atoms with Gasteiger partial charge in [0.2, 0.25) is 0 Å². The lowest BCUT2D eigenvalue weighted by molar-refractivity contribution is 0.628. The fourth-order valence-electron chi connectivity index (χ4n) is 2.77. The molecule has 0 spiro atoms. The number of anilines is 2. The molecule has 0 radical (unpaired) electrons. The second kappa shape index (κ2) is 4.39. The van der Waals surface area contributed by atoms with E-state index in [-0.39, 0.29) is 5.82 Å².